The van der Waals surface area contributed by atoms with Crippen LogP contribution >= 0.6 is 0 Å². The van der Waals surface area contributed by atoms with E-state index in [-0.39, 0.29) is 11.1 Å². The second-order valence-corrected chi connectivity index (χ2v) is 7.08. The van der Waals surface area contributed by atoms with E-state index in [2.05, 4.69) is 22.1 Å². The largest absolute Gasteiger partial charge is 0.314 e. The molecule has 0 aliphatic heterocycles. The van der Waals surface area contributed by atoms with E-state index in [4.69, 9.17) is 0 Å². The van der Waals surface area contributed by atoms with Crippen LogP contribution in [0.5, 0.6) is 0 Å². The maximum atomic E-state index is 12.2. The van der Waals surface area contributed by atoms with Crippen LogP contribution in [0, 0.1) is 0 Å². The fraction of sp³-hybridized carbons (Fsp3) is 0.769. The highest BCUT2D eigenvalue weighted by molar-refractivity contribution is 7.89. The minimum absolute atomic E-state index is 0.0366. The second-order valence-electron chi connectivity index (χ2n) is 5.42. The summed E-state index contributed by atoms with van der Waals surface area (Å²) in [4.78, 5) is 0. The molecule has 0 aromatic carbocycles. The van der Waals surface area contributed by atoms with Crippen molar-refractivity contribution < 1.29 is 8.42 Å². The summed E-state index contributed by atoms with van der Waals surface area (Å²) >= 11 is 0. The molecular formula is C13H24N4O2S. The molecule has 2 rings (SSSR count). The fourth-order valence-electron chi connectivity index (χ4n) is 2.67. The van der Waals surface area contributed by atoms with Gasteiger partial charge in [-0.1, -0.05) is 6.92 Å². The predicted molar refractivity (Wildman–Crippen MR) is 77.9 cm³/mol. The summed E-state index contributed by atoms with van der Waals surface area (Å²) in [6, 6.07) is 2.10. The van der Waals surface area contributed by atoms with Crippen LogP contribution < -0.4 is 10.0 Å². The van der Waals surface area contributed by atoms with Gasteiger partial charge in [0.05, 0.1) is 6.20 Å². The lowest BCUT2D eigenvalue weighted by molar-refractivity contribution is 0.329. The van der Waals surface area contributed by atoms with E-state index in [9.17, 15) is 8.42 Å². The number of hydrogen-bond acceptors (Lipinski definition) is 4. The normalized spacial score (nSPS) is 23.9. The minimum Gasteiger partial charge on any atom is -0.314 e. The van der Waals surface area contributed by atoms with Crippen molar-refractivity contribution in [3.05, 3.63) is 12.3 Å². The molecule has 1 heterocycles. The first-order valence-electron chi connectivity index (χ1n) is 7.26. The molecule has 0 radical (unpaired) electrons. The summed E-state index contributed by atoms with van der Waals surface area (Å²) in [5, 5.41) is 7.63. The average molecular weight is 300 g/mol. The molecular weight excluding hydrogens is 276 g/mol. The van der Waals surface area contributed by atoms with Gasteiger partial charge in [0.2, 0.25) is 0 Å². The number of sulfonamides is 1. The van der Waals surface area contributed by atoms with Gasteiger partial charge in [0.1, 0.15) is 0 Å². The number of nitrogens with one attached hydrogen (secondary N) is 2. The molecule has 1 aliphatic rings. The molecule has 20 heavy (non-hydrogen) atoms. The molecule has 0 spiro atoms. The Morgan fingerprint density at radius 2 is 1.95 bits per heavy atom. The average Bonchev–Trinajstić information content (AvgIpc) is 2.85. The van der Waals surface area contributed by atoms with E-state index in [1.165, 1.54) is 16.9 Å². The van der Waals surface area contributed by atoms with E-state index >= 15 is 0 Å². The van der Waals surface area contributed by atoms with Crippen LogP contribution in [0.3, 0.4) is 0 Å². The van der Waals surface area contributed by atoms with Crippen molar-refractivity contribution in [1.82, 2.24) is 19.8 Å². The number of hydrogen-bond donors (Lipinski definition) is 2. The minimum atomic E-state index is -3.45. The fourth-order valence-corrected chi connectivity index (χ4v) is 4.10. The van der Waals surface area contributed by atoms with Gasteiger partial charge in [0, 0.05) is 19.1 Å². The third-order valence-corrected chi connectivity index (χ3v) is 5.38. The Morgan fingerprint density at radius 1 is 1.30 bits per heavy atom. The molecule has 1 fully saturated rings. The van der Waals surface area contributed by atoms with Gasteiger partial charge in [0.25, 0.3) is 10.0 Å². The Kier molecular flexibility index (Phi) is 5.17. The summed E-state index contributed by atoms with van der Waals surface area (Å²) in [5.74, 6) is 0. The van der Waals surface area contributed by atoms with E-state index in [0.717, 1.165) is 38.6 Å². The van der Waals surface area contributed by atoms with E-state index in [0.29, 0.717) is 6.04 Å². The van der Waals surface area contributed by atoms with Crippen LogP contribution in [0.2, 0.25) is 0 Å². The molecule has 6 nitrogen and oxygen atoms in total. The van der Waals surface area contributed by atoms with Gasteiger partial charge >= 0.3 is 0 Å². The zero-order chi connectivity index (χ0) is 14.6. The predicted octanol–water partition coefficient (Wildman–Crippen LogP) is 1.01. The quantitative estimate of drug-likeness (QED) is 0.822. The molecule has 0 bridgehead atoms. The van der Waals surface area contributed by atoms with Crippen molar-refractivity contribution in [1.29, 1.82) is 0 Å². The third kappa shape index (κ3) is 3.80. The molecule has 2 N–H and O–H groups in total. The SMILES string of the molecule is CCCNC1CCC(NS(=O)(=O)c2ccnn2C)CC1. The van der Waals surface area contributed by atoms with Crippen LogP contribution in [-0.4, -0.2) is 36.8 Å². The molecule has 7 heteroatoms. The Balaban J connectivity index is 1.88. The van der Waals surface area contributed by atoms with Crippen LogP contribution in [0.15, 0.2) is 17.3 Å². The number of aromatic nitrogens is 2. The van der Waals surface area contributed by atoms with Gasteiger partial charge in [0.15, 0.2) is 5.03 Å². The summed E-state index contributed by atoms with van der Waals surface area (Å²) in [6.45, 7) is 3.19. The smallest absolute Gasteiger partial charge is 0.257 e. The van der Waals surface area contributed by atoms with Crippen molar-refractivity contribution >= 4 is 10.0 Å². The first-order valence-corrected chi connectivity index (χ1v) is 8.75. The van der Waals surface area contributed by atoms with E-state index in [1.54, 1.807) is 7.05 Å². The molecule has 0 atom stereocenters. The lowest BCUT2D eigenvalue weighted by Gasteiger charge is -2.29. The van der Waals surface area contributed by atoms with Crippen molar-refractivity contribution in [3.63, 3.8) is 0 Å². The first kappa shape index (κ1) is 15.5. The lowest BCUT2D eigenvalue weighted by atomic mass is 9.92. The third-order valence-electron chi connectivity index (χ3n) is 3.78. The maximum absolute atomic E-state index is 12.2. The summed E-state index contributed by atoms with van der Waals surface area (Å²) < 4.78 is 28.7. The van der Waals surface area contributed by atoms with Crippen LogP contribution in [0.4, 0.5) is 0 Å². The Morgan fingerprint density at radius 3 is 2.50 bits per heavy atom. The second kappa shape index (κ2) is 6.69. The van der Waals surface area contributed by atoms with Crippen molar-refractivity contribution in [2.24, 2.45) is 7.05 Å². The highest BCUT2D eigenvalue weighted by Gasteiger charge is 2.26. The molecule has 0 amide bonds. The Bertz CT molecular complexity index is 518. The lowest BCUT2D eigenvalue weighted by Crippen LogP contribution is -2.42. The standard InChI is InChI=1S/C13H24N4O2S/c1-3-9-14-11-4-6-12(7-5-11)16-20(18,19)13-8-10-15-17(13)2/h8,10-12,14,16H,3-7,9H2,1-2H3. The number of nitrogens with zero attached hydrogens (tertiary/aromatic N) is 2. The monoisotopic (exact) mass is 300 g/mol. The van der Waals surface area contributed by atoms with Crippen molar-refractivity contribution in [3.8, 4) is 0 Å². The van der Waals surface area contributed by atoms with Gasteiger partial charge in [-0.25, -0.2) is 13.1 Å². The molecule has 1 aromatic heterocycles. The van der Waals surface area contributed by atoms with Gasteiger partial charge < -0.3 is 5.32 Å². The zero-order valence-electron chi connectivity index (χ0n) is 12.2. The van der Waals surface area contributed by atoms with Gasteiger partial charge in [-0.15, -0.1) is 0 Å². The first-order chi connectivity index (χ1) is 9.53. The molecule has 1 aliphatic carbocycles. The Hall–Kier alpha value is -0.920. The van der Waals surface area contributed by atoms with E-state index in [1.807, 2.05) is 0 Å². The maximum Gasteiger partial charge on any atom is 0.257 e. The zero-order valence-corrected chi connectivity index (χ0v) is 13.0. The highest BCUT2D eigenvalue weighted by Crippen LogP contribution is 2.20. The van der Waals surface area contributed by atoms with E-state index < -0.39 is 10.0 Å². The molecule has 1 aromatic rings. The van der Waals surface area contributed by atoms with Crippen LogP contribution in [0.25, 0.3) is 0 Å². The molecule has 1 saturated carbocycles. The summed E-state index contributed by atoms with van der Waals surface area (Å²) in [5.41, 5.74) is 0. The molecule has 114 valence electrons. The summed E-state index contributed by atoms with van der Waals surface area (Å²) in [7, 11) is -1.81. The van der Waals surface area contributed by atoms with Gasteiger partial charge in [-0.05, 0) is 44.7 Å². The van der Waals surface area contributed by atoms with Crippen molar-refractivity contribution in [2.75, 3.05) is 6.54 Å². The van der Waals surface area contributed by atoms with Crippen LogP contribution in [-0.2, 0) is 17.1 Å². The van der Waals surface area contributed by atoms with Crippen LogP contribution in [0.1, 0.15) is 39.0 Å². The highest BCUT2D eigenvalue weighted by atomic mass is 32.2. The number of rotatable bonds is 6. The van der Waals surface area contributed by atoms with Crippen molar-refractivity contribution in [2.45, 2.75) is 56.1 Å². The van der Waals surface area contributed by atoms with Gasteiger partial charge in [-0.2, -0.15) is 5.10 Å². The number of aryl methyl sites for hydroxylation is 1. The Labute approximate surface area is 121 Å². The van der Waals surface area contributed by atoms with Gasteiger partial charge in [-0.3, -0.25) is 4.68 Å². The summed E-state index contributed by atoms with van der Waals surface area (Å²) in [6.07, 6.45) is 6.46. The molecule has 0 saturated heterocycles. The molecule has 0 unspecified atom stereocenters. The topological polar surface area (TPSA) is 76.0 Å².